The number of hydrogen-bond donors (Lipinski definition) is 1. The molecule has 1 aliphatic heterocycles. The molecule has 1 N–H and O–H groups in total. The normalized spacial score (nSPS) is 30.5. The molecule has 100 valence electrons. The molecule has 2 nitrogen and oxygen atoms in total. The molecule has 1 saturated carbocycles. The predicted octanol–water partition coefficient (Wildman–Crippen LogP) is 3.17. The third kappa shape index (κ3) is 4.26. The summed E-state index contributed by atoms with van der Waals surface area (Å²) in [6.07, 6.45) is 12.9. The first-order chi connectivity index (χ1) is 8.40. The van der Waals surface area contributed by atoms with Crippen LogP contribution in [0.25, 0.3) is 0 Å². The van der Waals surface area contributed by atoms with Crippen LogP contribution in [0.2, 0.25) is 0 Å². The first-order valence-corrected chi connectivity index (χ1v) is 7.87. The highest BCUT2D eigenvalue weighted by atomic mass is 15.2. The second kappa shape index (κ2) is 7.38. The molecule has 1 atom stereocenters. The van der Waals surface area contributed by atoms with Crippen molar-refractivity contribution in [1.29, 1.82) is 0 Å². The number of hydrogen-bond acceptors (Lipinski definition) is 2. The Morgan fingerprint density at radius 3 is 2.35 bits per heavy atom. The van der Waals surface area contributed by atoms with E-state index in [0.717, 1.165) is 12.1 Å². The average Bonchev–Trinajstić information content (AvgIpc) is 2.54. The summed E-state index contributed by atoms with van der Waals surface area (Å²) >= 11 is 0. The molecular formula is C15H30N2. The number of nitrogens with one attached hydrogen (secondary N) is 1. The Morgan fingerprint density at radius 2 is 1.65 bits per heavy atom. The van der Waals surface area contributed by atoms with E-state index in [1.807, 2.05) is 0 Å². The fourth-order valence-corrected chi connectivity index (χ4v) is 3.46. The van der Waals surface area contributed by atoms with Gasteiger partial charge in [0.15, 0.2) is 0 Å². The van der Waals surface area contributed by atoms with Gasteiger partial charge < -0.3 is 5.32 Å². The fraction of sp³-hybridized carbons (Fsp3) is 1.00. The van der Waals surface area contributed by atoms with E-state index in [1.165, 1.54) is 77.4 Å². The van der Waals surface area contributed by atoms with E-state index in [0.29, 0.717) is 0 Å². The standard InChI is InChI=1S/C15H30N2/c1-2-14-10-12-17(13-11-16-14)15-8-6-4-3-5-7-9-15/h14-16H,2-13H2,1H3. The van der Waals surface area contributed by atoms with Crippen molar-refractivity contribution < 1.29 is 0 Å². The summed E-state index contributed by atoms with van der Waals surface area (Å²) in [6.45, 7) is 6.12. The molecular weight excluding hydrogens is 208 g/mol. The van der Waals surface area contributed by atoms with Crippen LogP contribution in [0, 0.1) is 0 Å². The molecule has 17 heavy (non-hydrogen) atoms. The second-order valence-electron chi connectivity index (χ2n) is 5.88. The molecule has 1 unspecified atom stereocenters. The molecule has 0 aromatic heterocycles. The van der Waals surface area contributed by atoms with Gasteiger partial charge in [-0.05, 0) is 32.2 Å². The van der Waals surface area contributed by atoms with Crippen LogP contribution in [0.1, 0.15) is 64.7 Å². The minimum absolute atomic E-state index is 0.772. The van der Waals surface area contributed by atoms with Gasteiger partial charge in [-0.1, -0.05) is 39.0 Å². The number of rotatable bonds is 2. The molecule has 0 amide bonds. The molecule has 0 spiro atoms. The minimum Gasteiger partial charge on any atom is -0.313 e. The number of nitrogens with zero attached hydrogens (tertiary/aromatic N) is 1. The van der Waals surface area contributed by atoms with Gasteiger partial charge in [0.2, 0.25) is 0 Å². The summed E-state index contributed by atoms with van der Waals surface area (Å²) in [5.41, 5.74) is 0. The third-order valence-corrected chi connectivity index (χ3v) is 4.68. The van der Waals surface area contributed by atoms with Crippen molar-refractivity contribution in [2.45, 2.75) is 76.8 Å². The van der Waals surface area contributed by atoms with Crippen LogP contribution in [-0.4, -0.2) is 36.6 Å². The van der Waals surface area contributed by atoms with Crippen LogP contribution in [0.4, 0.5) is 0 Å². The Hall–Kier alpha value is -0.0800. The average molecular weight is 238 g/mol. The molecule has 0 aromatic rings. The predicted molar refractivity (Wildman–Crippen MR) is 74.4 cm³/mol. The van der Waals surface area contributed by atoms with Gasteiger partial charge in [0.25, 0.3) is 0 Å². The van der Waals surface area contributed by atoms with E-state index in [9.17, 15) is 0 Å². The highest BCUT2D eigenvalue weighted by Gasteiger charge is 2.22. The Balaban J connectivity index is 1.82. The van der Waals surface area contributed by atoms with Gasteiger partial charge in [0.05, 0.1) is 0 Å². The molecule has 0 bridgehead atoms. The molecule has 0 radical (unpaired) electrons. The Labute approximate surface area is 107 Å². The largest absolute Gasteiger partial charge is 0.313 e. The summed E-state index contributed by atoms with van der Waals surface area (Å²) in [6, 6.07) is 1.67. The zero-order valence-corrected chi connectivity index (χ0v) is 11.6. The Morgan fingerprint density at radius 1 is 0.941 bits per heavy atom. The monoisotopic (exact) mass is 238 g/mol. The summed E-state index contributed by atoms with van der Waals surface area (Å²) in [4.78, 5) is 2.79. The molecule has 1 saturated heterocycles. The summed E-state index contributed by atoms with van der Waals surface area (Å²) < 4.78 is 0. The van der Waals surface area contributed by atoms with E-state index in [4.69, 9.17) is 0 Å². The topological polar surface area (TPSA) is 15.3 Å². The van der Waals surface area contributed by atoms with Crippen molar-refractivity contribution in [2.24, 2.45) is 0 Å². The van der Waals surface area contributed by atoms with Crippen LogP contribution in [0.15, 0.2) is 0 Å². The summed E-state index contributed by atoms with van der Waals surface area (Å²) in [5.74, 6) is 0. The van der Waals surface area contributed by atoms with Gasteiger partial charge >= 0.3 is 0 Å². The van der Waals surface area contributed by atoms with Crippen molar-refractivity contribution >= 4 is 0 Å². The van der Waals surface area contributed by atoms with Gasteiger partial charge in [-0.15, -0.1) is 0 Å². The van der Waals surface area contributed by atoms with E-state index in [2.05, 4.69) is 17.1 Å². The maximum Gasteiger partial charge on any atom is 0.0110 e. The van der Waals surface area contributed by atoms with Crippen molar-refractivity contribution in [3.63, 3.8) is 0 Å². The van der Waals surface area contributed by atoms with Crippen molar-refractivity contribution in [1.82, 2.24) is 10.2 Å². The maximum atomic E-state index is 3.69. The van der Waals surface area contributed by atoms with Crippen LogP contribution >= 0.6 is 0 Å². The fourth-order valence-electron chi connectivity index (χ4n) is 3.46. The van der Waals surface area contributed by atoms with E-state index in [1.54, 1.807) is 0 Å². The highest BCUT2D eigenvalue weighted by Crippen LogP contribution is 2.22. The third-order valence-electron chi connectivity index (χ3n) is 4.68. The highest BCUT2D eigenvalue weighted by molar-refractivity contribution is 4.80. The van der Waals surface area contributed by atoms with Crippen molar-refractivity contribution in [3.05, 3.63) is 0 Å². The van der Waals surface area contributed by atoms with Crippen molar-refractivity contribution in [3.8, 4) is 0 Å². The second-order valence-corrected chi connectivity index (χ2v) is 5.88. The maximum absolute atomic E-state index is 3.69. The van der Waals surface area contributed by atoms with E-state index < -0.39 is 0 Å². The lowest BCUT2D eigenvalue weighted by Crippen LogP contribution is -2.38. The Bertz CT molecular complexity index is 197. The quantitative estimate of drug-likeness (QED) is 0.795. The van der Waals surface area contributed by atoms with Gasteiger partial charge in [-0.2, -0.15) is 0 Å². The summed E-state index contributed by atoms with van der Waals surface area (Å²) in [5, 5.41) is 3.69. The smallest absolute Gasteiger partial charge is 0.0110 e. The molecule has 2 fully saturated rings. The van der Waals surface area contributed by atoms with Crippen LogP contribution in [-0.2, 0) is 0 Å². The van der Waals surface area contributed by atoms with Gasteiger partial charge in [0.1, 0.15) is 0 Å². The summed E-state index contributed by atoms with van der Waals surface area (Å²) in [7, 11) is 0. The van der Waals surface area contributed by atoms with Gasteiger partial charge in [-0.25, -0.2) is 0 Å². The van der Waals surface area contributed by atoms with Crippen LogP contribution in [0.3, 0.4) is 0 Å². The van der Waals surface area contributed by atoms with E-state index >= 15 is 0 Å². The first-order valence-electron chi connectivity index (χ1n) is 7.87. The molecule has 2 heteroatoms. The molecule has 1 aliphatic carbocycles. The molecule has 1 heterocycles. The van der Waals surface area contributed by atoms with E-state index in [-0.39, 0.29) is 0 Å². The Kier molecular flexibility index (Phi) is 5.79. The zero-order chi connectivity index (χ0) is 11.9. The lowest BCUT2D eigenvalue weighted by Gasteiger charge is -2.31. The van der Waals surface area contributed by atoms with Crippen molar-refractivity contribution in [2.75, 3.05) is 19.6 Å². The van der Waals surface area contributed by atoms with Crippen LogP contribution < -0.4 is 5.32 Å². The zero-order valence-electron chi connectivity index (χ0n) is 11.6. The first kappa shape index (κ1) is 13.4. The molecule has 2 rings (SSSR count). The lowest BCUT2D eigenvalue weighted by molar-refractivity contribution is 0.175. The van der Waals surface area contributed by atoms with Gasteiger partial charge in [0, 0.05) is 25.2 Å². The van der Waals surface area contributed by atoms with Gasteiger partial charge in [-0.3, -0.25) is 4.90 Å². The lowest BCUT2D eigenvalue weighted by atomic mass is 9.95. The van der Waals surface area contributed by atoms with Crippen LogP contribution in [0.5, 0.6) is 0 Å². The molecule has 2 aliphatic rings. The SMILES string of the molecule is CCC1CCN(C2CCCCCCC2)CCN1. The minimum atomic E-state index is 0.772. The molecule has 0 aromatic carbocycles.